The summed E-state index contributed by atoms with van der Waals surface area (Å²) in [7, 11) is 0. The Morgan fingerprint density at radius 1 is 1.56 bits per heavy atom. The first-order valence-electron chi connectivity index (χ1n) is 6.17. The standard InChI is InChI=1S/C14H17NO3/c1-10(2)7-13(15(16)17)9-11-3-4-14-12(8-11)5-6-18-14/h3-4,8-10H,5-7H2,1-2H3. The molecule has 1 aromatic carbocycles. The van der Waals surface area contributed by atoms with Crippen LogP contribution in [0.15, 0.2) is 23.9 Å². The van der Waals surface area contributed by atoms with Crippen LogP contribution in [0.2, 0.25) is 0 Å². The first kappa shape index (κ1) is 12.6. The fourth-order valence-corrected chi connectivity index (χ4v) is 2.09. The minimum absolute atomic E-state index is 0.267. The van der Waals surface area contributed by atoms with Gasteiger partial charge >= 0.3 is 0 Å². The van der Waals surface area contributed by atoms with Gasteiger partial charge in [-0.15, -0.1) is 0 Å². The van der Waals surface area contributed by atoms with E-state index in [4.69, 9.17) is 4.74 Å². The van der Waals surface area contributed by atoms with Gasteiger partial charge in [0.2, 0.25) is 5.70 Å². The summed E-state index contributed by atoms with van der Waals surface area (Å²) >= 11 is 0. The molecule has 1 heterocycles. The van der Waals surface area contributed by atoms with Crippen LogP contribution >= 0.6 is 0 Å². The van der Waals surface area contributed by atoms with Gasteiger partial charge in [-0.1, -0.05) is 19.9 Å². The quantitative estimate of drug-likeness (QED) is 0.606. The second-order valence-electron chi connectivity index (χ2n) is 4.96. The number of ether oxygens (including phenoxy) is 1. The lowest BCUT2D eigenvalue weighted by Crippen LogP contribution is -2.02. The third-order valence-corrected chi connectivity index (χ3v) is 2.90. The Morgan fingerprint density at radius 2 is 2.33 bits per heavy atom. The van der Waals surface area contributed by atoms with E-state index in [1.165, 1.54) is 0 Å². The number of rotatable bonds is 4. The molecule has 1 aromatic rings. The van der Waals surface area contributed by atoms with E-state index in [-0.39, 0.29) is 16.5 Å². The van der Waals surface area contributed by atoms with Crippen molar-refractivity contribution in [2.75, 3.05) is 6.61 Å². The van der Waals surface area contributed by atoms with Crippen molar-refractivity contribution in [2.45, 2.75) is 26.7 Å². The number of hydrogen-bond donors (Lipinski definition) is 0. The molecule has 0 aliphatic carbocycles. The lowest BCUT2D eigenvalue weighted by Gasteiger charge is -2.03. The number of hydrogen-bond acceptors (Lipinski definition) is 3. The van der Waals surface area contributed by atoms with Crippen LogP contribution in [0.4, 0.5) is 0 Å². The highest BCUT2D eigenvalue weighted by molar-refractivity contribution is 5.55. The molecule has 0 atom stereocenters. The van der Waals surface area contributed by atoms with Gasteiger partial charge in [0.1, 0.15) is 5.75 Å². The van der Waals surface area contributed by atoms with E-state index in [0.29, 0.717) is 13.0 Å². The molecule has 0 bridgehead atoms. The molecule has 0 N–H and O–H groups in total. The Morgan fingerprint density at radius 3 is 3.00 bits per heavy atom. The Hall–Kier alpha value is -1.84. The van der Waals surface area contributed by atoms with Gasteiger partial charge in [0, 0.05) is 18.9 Å². The van der Waals surface area contributed by atoms with Crippen LogP contribution in [-0.4, -0.2) is 11.5 Å². The van der Waals surface area contributed by atoms with Gasteiger partial charge in [0.25, 0.3) is 0 Å². The number of nitro groups is 1. The number of benzene rings is 1. The van der Waals surface area contributed by atoms with Crippen LogP contribution < -0.4 is 4.74 Å². The number of allylic oxidation sites excluding steroid dienone is 1. The first-order chi connectivity index (χ1) is 8.56. The molecule has 0 fully saturated rings. The van der Waals surface area contributed by atoms with Crippen LogP contribution in [0.5, 0.6) is 5.75 Å². The zero-order chi connectivity index (χ0) is 13.1. The van der Waals surface area contributed by atoms with Crippen LogP contribution in [0, 0.1) is 16.0 Å². The second-order valence-corrected chi connectivity index (χ2v) is 4.96. The van der Waals surface area contributed by atoms with E-state index in [1.54, 1.807) is 6.08 Å². The van der Waals surface area contributed by atoms with Gasteiger partial charge in [-0.25, -0.2) is 0 Å². The van der Waals surface area contributed by atoms with Gasteiger partial charge in [-0.2, -0.15) is 0 Å². The molecular formula is C14H17NO3. The van der Waals surface area contributed by atoms with Crippen molar-refractivity contribution < 1.29 is 9.66 Å². The molecule has 4 nitrogen and oxygen atoms in total. The summed E-state index contributed by atoms with van der Waals surface area (Å²) in [5.41, 5.74) is 2.28. The van der Waals surface area contributed by atoms with Crippen LogP contribution in [0.3, 0.4) is 0 Å². The van der Waals surface area contributed by atoms with Gasteiger partial charge in [0.15, 0.2) is 0 Å². The van der Waals surface area contributed by atoms with Crippen molar-refractivity contribution in [3.05, 3.63) is 45.1 Å². The van der Waals surface area contributed by atoms with Crippen molar-refractivity contribution in [1.29, 1.82) is 0 Å². The highest BCUT2D eigenvalue weighted by atomic mass is 16.6. The van der Waals surface area contributed by atoms with E-state index >= 15 is 0 Å². The molecule has 2 rings (SSSR count). The molecule has 1 aliphatic rings. The van der Waals surface area contributed by atoms with E-state index in [1.807, 2.05) is 32.0 Å². The summed E-state index contributed by atoms with van der Waals surface area (Å²) in [6.07, 6.45) is 3.04. The highest BCUT2D eigenvalue weighted by Gasteiger charge is 2.15. The third-order valence-electron chi connectivity index (χ3n) is 2.90. The fourth-order valence-electron chi connectivity index (χ4n) is 2.09. The normalized spacial score (nSPS) is 14.5. The van der Waals surface area contributed by atoms with Gasteiger partial charge < -0.3 is 4.74 Å². The van der Waals surface area contributed by atoms with Crippen molar-refractivity contribution in [3.63, 3.8) is 0 Å². The zero-order valence-corrected chi connectivity index (χ0v) is 10.7. The maximum Gasteiger partial charge on any atom is 0.247 e. The van der Waals surface area contributed by atoms with Crippen LogP contribution in [0.25, 0.3) is 6.08 Å². The molecule has 1 aliphatic heterocycles. The second kappa shape index (κ2) is 5.21. The lowest BCUT2D eigenvalue weighted by atomic mass is 10.0. The summed E-state index contributed by atoms with van der Waals surface area (Å²) in [4.78, 5) is 10.7. The maximum absolute atomic E-state index is 11.0. The van der Waals surface area contributed by atoms with Crippen LogP contribution in [-0.2, 0) is 6.42 Å². The average Bonchev–Trinajstić information content (AvgIpc) is 2.74. The first-order valence-corrected chi connectivity index (χ1v) is 6.17. The lowest BCUT2D eigenvalue weighted by molar-refractivity contribution is -0.427. The minimum Gasteiger partial charge on any atom is -0.493 e. The Balaban J connectivity index is 2.26. The predicted molar refractivity (Wildman–Crippen MR) is 70.1 cm³/mol. The summed E-state index contributed by atoms with van der Waals surface area (Å²) in [5.74, 6) is 1.18. The molecular weight excluding hydrogens is 230 g/mol. The zero-order valence-electron chi connectivity index (χ0n) is 10.7. The minimum atomic E-state index is -0.288. The highest BCUT2D eigenvalue weighted by Crippen LogP contribution is 2.27. The van der Waals surface area contributed by atoms with E-state index in [9.17, 15) is 10.1 Å². The maximum atomic E-state index is 11.0. The average molecular weight is 247 g/mol. The summed E-state index contributed by atoms with van der Waals surface area (Å²) in [6.45, 7) is 4.67. The van der Waals surface area contributed by atoms with Crippen molar-refractivity contribution in [1.82, 2.24) is 0 Å². The fraction of sp³-hybridized carbons (Fsp3) is 0.429. The molecule has 0 radical (unpaired) electrons. The Labute approximate surface area is 106 Å². The SMILES string of the molecule is CC(C)CC(=Cc1ccc2c(c1)CCO2)[N+](=O)[O-]. The molecule has 0 saturated heterocycles. The van der Waals surface area contributed by atoms with Gasteiger partial charge in [0.05, 0.1) is 11.5 Å². The molecule has 0 spiro atoms. The summed E-state index contributed by atoms with van der Waals surface area (Å²) in [5, 5.41) is 11.0. The van der Waals surface area contributed by atoms with Crippen molar-refractivity contribution in [3.8, 4) is 5.75 Å². The van der Waals surface area contributed by atoms with E-state index in [2.05, 4.69) is 0 Å². The molecule has 0 aromatic heterocycles. The topological polar surface area (TPSA) is 52.4 Å². The van der Waals surface area contributed by atoms with Crippen molar-refractivity contribution >= 4 is 6.08 Å². The third kappa shape index (κ3) is 2.88. The Bertz CT molecular complexity index is 492. The predicted octanol–water partition coefficient (Wildman–Crippen LogP) is 3.29. The molecule has 0 unspecified atom stereocenters. The summed E-state index contributed by atoms with van der Waals surface area (Å²) in [6, 6.07) is 5.74. The molecule has 0 saturated carbocycles. The molecule has 96 valence electrons. The monoisotopic (exact) mass is 247 g/mol. The molecule has 0 amide bonds. The van der Waals surface area contributed by atoms with E-state index in [0.717, 1.165) is 23.3 Å². The van der Waals surface area contributed by atoms with E-state index < -0.39 is 0 Å². The number of nitrogens with zero attached hydrogens (tertiary/aromatic N) is 1. The Kier molecular flexibility index (Phi) is 3.65. The largest absolute Gasteiger partial charge is 0.493 e. The molecule has 4 heteroatoms. The smallest absolute Gasteiger partial charge is 0.247 e. The van der Waals surface area contributed by atoms with Crippen LogP contribution in [0.1, 0.15) is 31.4 Å². The van der Waals surface area contributed by atoms with Gasteiger partial charge in [-0.3, -0.25) is 10.1 Å². The van der Waals surface area contributed by atoms with Gasteiger partial charge in [-0.05, 0) is 29.2 Å². The molecule has 18 heavy (non-hydrogen) atoms. The number of fused-ring (bicyclic) bond motifs is 1. The van der Waals surface area contributed by atoms with Crippen molar-refractivity contribution in [2.24, 2.45) is 5.92 Å². The summed E-state index contributed by atoms with van der Waals surface area (Å²) < 4.78 is 5.42.